The van der Waals surface area contributed by atoms with Gasteiger partial charge in [0.1, 0.15) is 0 Å². The molecule has 1 saturated heterocycles. The predicted octanol–water partition coefficient (Wildman–Crippen LogP) is 1.74. The van der Waals surface area contributed by atoms with Crippen LogP contribution in [0, 0.1) is 0 Å². The van der Waals surface area contributed by atoms with Crippen LogP contribution in [0.25, 0.3) is 0 Å². The lowest BCUT2D eigenvalue weighted by atomic mass is 10.2. The number of rotatable bonds is 5. The van der Waals surface area contributed by atoms with Gasteiger partial charge in [0.25, 0.3) is 0 Å². The summed E-state index contributed by atoms with van der Waals surface area (Å²) in [6.45, 7) is 4.11. The zero-order chi connectivity index (χ0) is 13.5. The maximum Gasteiger partial charge on any atom is 0.230 e. The molecule has 19 heavy (non-hydrogen) atoms. The minimum atomic E-state index is -0.0256. The predicted molar refractivity (Wildman–Crippen MR) is 79.1 cm³/mol. The minimum Gasteiger partial charge on any atom is -0.347 e. The number of piperidine rings is 1. The van der Waals surface area contributed by atoms with E-state index in [2.05, 4.69) is 15.6 Å². The number of aromatic nitrogens is 1. The maximum atomic E-state index is 11.9. The highest BCUT2D eigenvalue weighted by molar-refractivity contribution is 8.00. The first-order valence-corrected chi connectivity index (χ1v) is 7.83. The third-order valence-corrected chi connectivity index (χ3v) is 4.62. The lowest BCUT2D eigenvalue weighted by Gasteiger charge is -2.22. The van der Waals surface area contributed by atoms with E-state index in [4.69, 9.17) is 0 Å². The molecule has 1 unspecified atom stereocenters. The number of nitrogens with one attached hydrogen (secondary N) is 2. The fourth-order valence-electron chi connectivity index (χ4n) is 2.14. The van der Waals surface area contributed by atoms with E-state index in [-0.39, 0.29) is 11.9 Å². The molecule has 1 amide bonds. The molecular weight excluding hydrogens is 258 g/mol. The number of thioether (sulfide) groups is 1. The van der Waals surface area contributed by atoms with Gasteiger partial charge in [-0.1, -0.05) is 6.07 Å². The van der Waals surface area contributed by atoms with Crippen LogP contribution in [0.3, 0.4) is 0 Å². The molecule has 1 fully saturated rings. The molecule has 2 N–H and O–H groups in total. The highest BCUT2D eigenvalue weighted by Crippen LogP contribution is 2.20. The SMILES string of the molecule is CC(NC(=O)CSC1CCNCC1)c1ccccn1. The van der Waals surface area contributed by atoms with E-state index in [9.17, 15) is 4.79 Å². The number of carbonyl (C=O) groups is 1. The Hall–Kier alpha value is -1.07. The van der Waals surface area contributed by atoms with Crippen molar-refractivity contribution in [2.24, 2.45) is 0 Å². The number of pyridine rings is 1. The molecule has 1 aromatic heterocycles. The van der Waals surface area contributed by atoms with Gasteiger partial charge < -0.3 is 10.6 Å². The lowest BCUT2D eigenvalue weighted by Crippen LogP contribution is -2.32. The van der Waals surface area contributed by atoms with E-state index in [0.29, 0.717) is 11.0 Å². The van der Waals surface area contributed by atoms with Gasteiger partial charge in [0.05, 0.1) is 17.5 Å². The fraction of sp³-hybridized carbons (Fsp3) is 0.571. The van der Waals surface area contributed by atoms with E-state index < -0.39 is 0 Å². The van der Waals surface area contributed by atoms with Gasteiger partial charge in [-0.3, -0.25) is 9.78 Å². The molecule has 1 aliphatic rings. The molecule has 2 rings (SSSR count). The van der Waals surface area contributed by atoms with Gasteiger partial charge in [-0.15, -0.1) is 11.8 Å². The smallest absolute Gasteiger partial charge is 0.230 e. The second kappa shape index (κ2) is 7.50. The van der Waals surface area contributed by atoms with Crippen LogP contribution in [-0.4, -0.2) is 35.0 Å². The Bertz CT molecular complexity index is 393. The molecule has 0 bridgehead atoms. The number of hydrogen-bond donors (Lipinski definition) is 2. The van der Waals surface area contributed by atoms with E-state index in [0.717, 1.165) is 31.6 Å². The Labute approximate surface area is 118 Å². The van der Waals surface area contributed by atoms with Crippen molar-refractivity contribution in [2.45, 2.75) is 31.1 Å². The summed E-state index contributed by atoms with van der Waals surface area (Å²) in [5.41, 5.74) is 0.905. The molecule has 0 radical (unpaired) electrons. The Balaban J connectivity index is 1.71. The molecule has 104 valence electrons. The largest absolute Gasteiger partial charge is 0.347 e. The van der Waals surface area contributed by atoms with Crippen LogP contribution in [0.15, 0.2) is 24.4 Å². The van der Waals surface area contributed by atoms with E-state index in [1.807, 2.05) is 25.1 Å². The second-order valence-electron chi connectivity index (χ2n) is 4.80. The monoisotopic (exact) mass is 279 g/mol. The average molecular weight is 279 g/mol. The quantitative estimate of drug-likeness (QED) is 0.862. The first kappa shape index (κ1) is 14.3. The molecule has 0 saturated carbocycles. The van der Waals surface area contributed by atoms with E-state index >= 15 is 0 Å². The van der Waals surface area contributed by atoms with Crippen molar-refractivity contribution in [3.05, 3.63) is 30.1 Å². The zero-order valence-electron chi connectivity index (χ0n) is 11.3. The molecule has 0 spiro atoms. The van der Waals surface area contributed by atoms with E-state index in [1.165, 1.54) is 0 Å². The van der Waals surface area contributed by atoms with Crippen LogP contribution in [0.4, 0.5) is 0 Å². The highest BCUT2D eigenvalue weighted by Gasteiger charge is 2.16. The molecule has 1 atom stereocenters. The molecule has 1 aliphatic heterocycles. The summed E-state index contributed by atoms with van der Waals surface area (Å²) in [5, 5.41) is 6.95. The highest BCUT2D eigenvalue weighted by atomic mass is 32.2. The van der Waals surface area contributed by atoms with Crippen LogP contribution in [0.1, 0.15) is 31.5 Å². The Morgan fingerprint density at radius 3 is 3.00 bits per heavy atom. The van der Waals surface area contributed by atoms with Crippen LogP contribution in [-0.2, 0) is 4.79 Å². The third kappa shape index (κ3) is 4.84. The van der Waals surface area contributed by atoms with Gasteiger partial charge in [-0.2, -0.15) is 0 Å². The lowest BCUT2D eigenvalue weighted by molar-refractivity contribution is -0.119. The van der Waals surface area contributed by atoms with Crippen molar-refractivity contribution in [3.63, 3.8) is 0 Å². The summed E-state index contributed by atoms with van der Waals surface area (Å²) < 4.78 is 0. The average Bonchev–Trinajstić information content (AvgIpc) is 2.47. The van der Waals surface area contributed by atoms with Crippen molar-refractivity contribution >= 4 is 17.7 Å². The van der Waals surface area contributed by atoms with Crippen LogP contribution in [0.2, 0.25) is 0 Å². The number of nitrogens with zero attached hydrogens (tertiary/aromatic N) is 1. The van der Waals surface area contributed by atoms with Gasteiger partial charge >= 0.3 is 0 Å². The molecule has 4 nitrogen and oxygen atoms in total. The molecule has 0 aromatic carbocycles. The summed E-state index contributed by atoms with van der Waals surface area (Å²) in [6.07, 6.45) is 4.07. The first-order chi connectivity index (χ1) is 9.25. The fourth-order valence-corrected chi connectivity index (χ4v) is 3.18. The van der Waals surface area contributed by atoms with Crippen LogP contribution >= 0.6 is 11.8 Å². The first-order valence-electron chi connectivity index (χ1n) is 6.78. The van der Waals surface area contributed by atoms with Crippen LogP contribution in [0.5, 0.6) is 0 Å². The van der Waals surface area contributed by atoms with Crippen LogP contribution < -0.4 is 10.6 Å². The van der Waals surface area contributed by atoms with Gasteiger partial charge in [-0.05, 0) is 45.0 Å². The van der Waals surface area contributed by atoms with Crippen molar-refractivity contribution in [1.82, 2.24) is 15.6 Å². The van der Waals surface area contributed by atoms with Gasteiger partial charge in [-0.25, -0.2) is 0 Å². The second-order valence-corrected chi connectivity index (χ2v) is 6.09. The standard InChI is InChI=1S/C14H21N3OS/c1-11(13-4-2-3-7-16-13)17-14(18)10-19-12-5-8-15-9-6-12/h2-4,7,11-12,15H,5-6,8-10H2,1H3,(H,17,18). The number of hydrogen-bond acceptors (Lipinski definition) is 4. The number of amides is 1. The van der Waals surface area contributed by atoms with Crippen molar-refractivity contribution in [2.75, 3.05) is 18.8 Å². The van der Waals surface area contributed by atoms with Crippen molar-refractivity contribution in [3.8, 4) is 0 Å². The minimum absolute atomic E-state index is 0.0256. The Morgan fingerprint density at radius 2 is 2.32 bits per heavy atom. The summed E-state index contributed by atoms with van der Waals surface area (Å²) in [4.78, 5) is 16.1. The molecule has 5 heteroatoms. The summed E-state index contributed by atoms with van der Waals surface area (Å²) in [5.74, 6) is 0.642. The third-order valence-electron chi connectivity index (χ3n) is 3.25. The topological polar surface area (TPSA) is 54.0 Å². The number of carbonyl (C=O) groups excluding carboxylic acids is 1. The zero-order valence-corrected chi connectivity index (χ0v) is 12.1. The molecule has 0 aliphatic carbocycles. The van der Waals surface area contributed by atoms with Gasteiger partial charge in [0.15, 0.2) is 0 Å². The summed E-state index contributed by atoms with van der Waals surface area (Å²) in [6, 6.07) is 5.73. The molecule has 1 aromatic rings. The Kier molecular flexibility index (Phi) is 5.66. The summed E-state index contributed by atoms with van der Waals surface area (Å²) in [7, 11) is 0. The van der Waals surface area contributed by atoms with Crippen molar-refractivity contribution < 1.29 is 4.79 Å². The summed E-state index contributed by atoms with van der Waals surface area (Å²) >= 11 is 1.77. The maximum absolute atomic E-state index is 11.9. The Morgan fingerprint density at radius 1 is 1.53 bits per heavy atom. The van der Waals surface area contributed by atoms with Crippen molar-refractivity contribution in [1.29, 1.82) is 0 Å². The van der Waals surface area contributed by atoms with Gasteiger partial charge in [0.2, 0.25) is 5.91 Å². The normalized spacial score (nSPS) is 17.9. The molecular formula is C14H21N3OS. The van der Waals surface area contributed by atoms with Gasteiger partial charge in [0, 0.05) is 11.4 Å². The van der Waals surface area contributed by atoms with E-state index in [1.54, 1.807) is 18.0 Å². The molecule has 2 heterocycles.